The van der Waals surface area contributed by atoms with Crippen molar-refractivity contribution >= 4 is 5.82 Å². The number of nitrogens with zero attached hydrogens (tertiary/aromatic N) is 3. The zero-order chi connectivity index (χ0) is 14.8. The van der Waals surface area contributed by atoms with Crippen LogP contribution in [0.5, 0.6) is 5.75 Å². The van der Waals surface area contributed by atoms with Crippen LogP contribution in [0.4, 0.5) is 5.82 Å². The molecule has 110 valence electrons. The Morgan fingerprint density at radius 2 is 1.86 bits per heavy atom. The molecular weight excluding hydrogens is 264 g/mol. The van der Waals surface area contributed by atoms with Crippen molar-refractivity contribution in [1.82, 2.24) is 9.97 Å². The molecule has 3 rings (SSSR count). The summed E-state index contributed by atoms with van der Waals surface area (Å²) in [5.74, 6) is 1.76. The van der Waals surface area contributed by atoms with Crippen LogP contribution in [0, 0.1) is 6.92 Å². The van der Waals surface area contributed by atoms with E-state index in [0.717, 1.165) is 37.7 Å². The van der Waals surface area contributed by atoms with Gasteiger partial charge in [0.15, 0.2) is 5.82 Å². The molecule has 0 aliphatic carbocycles. The predicted molar refractivity (Wildman–Crippen MR) is 82.7 cm³/mol. The average Bonchev–Trinajstić information content (AvgIpc) is 2.48. The maximum atomic E-state index is 9.99. The number of aryl methyl sites for hydroxylation is 1. The van der Waals surface area contributed by atoms with Crippen LogP contribution in [0.2, 0.25) is 0 Å². The fourth-order valence-corrected chi connectivity index (χ4v) is 2.61. The number of nitrogens with one attached hydrogen (secondary N) is 1. The Hall–Kier alpha value is -2.14. The minimum atomic E-state index is 0.219. The number of anilines is 1. The van der Waals surface area contributed by atoms with Crippen molar-refractivity contribution in [3.63, 3.8) is 0 Å². The molecule has 2 N–H and O–H groups in total. The Balaban J connectivity index is 1.95. The van der Waals surface area contributed by atoms with Gasteiger partial charge in [-0.3, -0.25) is 0 Å². The van der Waals surface area contributed by atoms with E-state index >= 15 is 0 Å². The number of piperazine rings is 1. The molecule has 1 fully saturated rings. The standard InChI is InChI=1S/C16H20N4O/c1-12-11-15(20-9-7-19(2)8-10-20)18-16(17-12)13-5-3-4-6-14(13)21/h3-6,11,21H,7-10H2,1-2H3/p+1. The van der Waals surface area contributed by atoms with Crippen LogP contribution in [0.1, 0.15) is 5.69 Å². The first-order valence-corrected chi connectivity index (χ1v) is 7.34. The van der Waals surface area contributed by atoms with Gasteiger partial charge in [-0.25, -0.2) is 9.97 Å². The highest BCUT2D eigenvalue weighted by Gasteiger charge is 2.19. The van der Waals surface area contributed by atoms with Gasteiger partial charge in [-0.15, -0.1) is 0 Å². The van der Waals surface area contributed by atoms with Gasteiger partial charge >= 0.3 is 0 Å². The first kappa shape index (κ1) is 13.8. The molecule has 1 aromatic carbocycles. The van der Waals surface area contributed by atoms with E-state index < -0.39 is 0 Å². The van der Waals surface area contributed by atoms with E-state index in [4.69, 9.17) is 0 Å². The van der Waals surface area contributed by atoms with Crippen LogP contribution in [-0.2, 0) is 0 Å². The Labute approximate surface area is 124 Å². The number of benzene rings is 1. The smallest absolute Gasteiger partial charge is 0.165 e. The van der Waals surface area contributed by atoms with Crippen molar-refractivity contribution in [3.8, 4) is 17.1 Å². The Morgan fingerprint density at radius 1 is 1.14 bits per heavy atom. The van der Waals surface area contributed by atoms with Gasteiger partial charge in [0.25, 0.3) is 0 Å². The van der Waals surface area contributed by atoms with Crippen LogP contribution >= 0.6 is 0 Å². The average molecular weight is 285 g/mol. The van der Waals surface area contributed by atoms with Crippen LogP contribution in [0.15, 0.2) is 30.3 Å². The summed E-state index contributed by atoms with van der Waals surface area (Å²) in [6, 6.07) is 9.23. The van der Waals surface area contributed by atoms with Crippen molar-refractivity contribution in [2.24, 2.45) is 0 Å². The second kappa shape index (κ2) is 5.69. The number of likely N-dealkylation sites (N-methyl/N-ethyl adjacent to an activating group) is 1. The number of phenols is 1. The lowest BCUT2D eigenvalue weighted by atomic mass is 10.2. The second-order valence-electron chi connectivity index (χ2n) is 5.65. The topological polar surface area (TPSA) is 53.7 Å². The van der Waals surface area contributed by atoms with E-state index in [9.17, 15) is 5.11 Å². The van der Waals surface area contributed by atoms with Gasteiger partial charge in [0.1, 0.15) is 11.6 Å². The molecule has 5 heteroatoms. The summed E-state index contributed by atoms with van der Waals surface area (Å²) in [5.41, 5.74) is 1.60. The summed E-state index contributed by atoms with van der Waals surface area (Å²) < 4.78 is 0. The molecule has 1 aliphatic heterocycles. The van der Waals surface area contributed by atoms with Gasteiger partial charge in [-0.2, -0.15) is 0 Å². The molecule has 2 heterocycles. The third-order valence-electron chi connectivity index (χ3n) is 3.93. The van der Waals surface area contributed by atoms with Gasteiger partial charge in [-0.05, 0) is 19.1 Å². The molecule has 0 amide bonds. The fourth-order valence-electron chi connectivity index (χ4n) is 2.61. The lowest BCUT2D eigenvalue weighted by molar-refractivity contribution is -0.880. The summed E-state index contributed by atoms with van der Waals surface area (Å²) in [5, 5.41) is 9.99. The maximum absolute atomic E-state index is 9.99. The number of aromatic hydroxyl groups is 1. The molecule has 0 spiro atoms. The number of rotatable bonds is 2. The third-order valence-corrected chi connectivity index (χ3v) is 3.93. The van der Waals surface area contributed by atoms with Gasteiger partial charge < -0.3 is 14.9 Å². The summed E-state index contributed by atoms with van der Waals surface area (Å²) in [6.45, 7) is 6.21. The minimum absolute atomic E-state index is 0.219. The molecule has 1 saturated heterocycles. The highest BCUT2D eigenvalue weighted by Crippen LogP contribution is 2.27. The van der Waals surface area contributed by atoms with E-state index in [1.54, 1.807) is 17.0 Å². The van der Waals surface area contributed by atoms with Crippen molar-refractivity contribution in [2.75, 3.05) is 38.1 Å². The molecular formula is C16H21N4O+. The monoisotopic (exact) mass is 285 g/mol. The lowest BCUT2D eigenvalue weighted by Gasteiger charge is -2.31. The molecule has 21 heavy (non-hydrogen) atoms. The highest BCUT2D eigenvalue weighted by atomic mass is 16.3. The number of phenolic OH excluding ortho intramolecular Hbond substituents is 1. The molecule has 0 unspecified atom stereocenters. The number of para-hydroxylation sites is 1. The van der Waals surface area contributed by atoms with E-state index in [-0.39, 0.29) is 5.75 Å². The van der Waals surface area contributed by atoms with Crippen molar-refractivity contribution in [1.29, 1.82) is 0 Å². The largest absolute Gasteiger partial charge is 0.507 e. The van der Waals surface area contributed by atoms with Crippen molar-refractivity contribution in [2.45, 2.75) is 6.92 Å². The zero-order valence-corrected chi connectivity index (χ0v) is 12.5. The summed E-state index contributed by atoms with van der Waals surface area (Å²) in [7, 11) is 2.22. The highest BCUT2D eigenvalue weighted by molar-refractivity contribution is 5.65. The van der Waals surface area contributed by atoms with Crippen molar-refractivity contribution < 1.29 is 10.0 Å². The maximum Gasteiger partial charge on any atom is 0.165 e. The van der Waals surface area contributed by atoms with Crippen LogP contribution in [0.25, 0.3) is 11.4 Å². The molecule has 0 saturated carbocycles. The first-order valence-electron chi connectivity index (χ1n) is 7.34. The van der Waals surface area contributed by atoms with Gasteiger partial charge in [0, 0.05) is 11.8 Å². The van der Waals surface area contributed by atoms with Crippen LogP contribution < -0.4 is 9.80 Å². The Kier molecular flexibility index (Phi) is 3.75. The third kappa shape index (κ3) is 2.97. The van der Waals surface area contributed by atoms with E-state index in [1.807, 2.05) is 25.1 Å². The molecule has 0 radical (unpaired) electrons. The number of aromatic nitrogens is 2. The minimum Gasteiger partial charge on any atom is -0.507 e. The number of hydrogen-bond donors (Lipinski definition) is 2. The van der Waals surface area contributed by atoms with Gasteiger partial charge in [0.2, 0.25) is 0 Å². The lowest BCUT2D eigenvalue weighted by Crippen LogP contribution is -3.12. The van der Waals surface area contributed by atoms with Gasteiger partial charge in [0.05, 0.1) is 38.8 Å². The fraction of sp³-hybridized carbons (Fsp3) is 0.375. The molecule has 1 aliphatic rings. The van der Waals surface area contributed by atoms with E-state index in [1.165, 1.54) is 0 Å². The molecule has 0 atom stereocenters. The molecule has 1 aromatic heterocycles. The van der Waals surface area contributed by atoms with Gasteiger partial charge in [-0.1, -0.05) is 12.1 Å². The normalized spacial score (nSPS) is 16.2. The van der Waals surface area contributed by atoms with Crippen LogP contribution in [0.3, 0.4) is 0 Å². The Morgan fingerprint density at radius 3 is 2.57 bits per heavy atom. The SMILES string of the molecule is Cc1cc(N2CC[NH+](C)CC2)nc(-c2ccccc2O)n1. The second-order valence-corrected chi connectivity index (χ2v) is 5.65. The Bertz CT molecular complexity index is 636. The number of quaternary nitrogens is 1. The summed E-state index contributed by atoms with van der Waals surface area (Å²) in [4.78, 5) is 13.0. The summed E-state index contributed by atoms with van der Waals surface area (Å²) in [6.07, 6.45) is 0. The zero-order valence-electron chi connectivity index (χ0n) is 12.5. The quantitative estimate of drug-likeness (QED) is 0.843. The van der Waals surface area contributed by atoms with Crippen LogP contribution in [-0.4, -0.2) is 48.3 Å². The first-order chi connectivity index (χ1) is 10.1. The number of hydrogen-bond acceptors (Lipinski definition) is 4. The van der Waals surface area contributed by atoms with E-state index in [0.29, 0.717) is 11.4 Å². The summed E-state index contributed by atoms with van der Waals surface area (Å²) >= 11 is 0. The van der Waals surface area contributed by atoms with E-state index in [2.05, 4.69) is 21.9 Å². The molecule has 5 nitrogen and oxygen atoms in total. The van der Waals surface area contributed by atoms with Crippen molar-refractivity contribution in [3.05, 3.63) is 36.0 Å². The molecule has 2 aromatic rings. The predicted octanol–water partition coefficient (Wildman–Crippen LogP) is 0.492. The molecule has 0 bridgehead atoms.